The lowest BCUT2D eigenvalue weighted by Crippen LogP contribution is -2.50. The number of rotatable bonds is 10. The Morgan fingerprint density at radius 2 is 1.27 bits per heavy atom. The zero-order valence-electron chi connectivity index (χ0n) is 19.8. The maximum absolute atomic E-state index is 13.8. The molecule has 4 heteroatoms. The Kier molecular flexibility index (Phi) is 8.82. The van der Waals surface area contributed by atoms with E-state index in [1.165, 1.54) is 0 Å². The van der Waals surface area contributed by atoms with Crippen LogP contribution in [0.15, 0.2) is 91.0 Å². The second kappa shape index (κ2) is 12.0. The van der Waals surface area contributed by atoms with Gasteiger partial charge in [0.15, 0.2) is 0 Å². The maximum atomic E-state index is 13.8. The van der Waals surface area contributed by atoms with Crippen molar-refractivity contribution in [1.29, 1.82) is 0 Å². The summed E-state index contributed by atoms with van der Waals surface area (Å²) < 4.78 is 0. The molecule has 1 atom stereocenters. The van der Waals surface area contributed by atoms with Gasteiger partial charge in [-0.15, -0.1) is 0 Å². The molecule has 4 nitrogen and oxygen atoms in total. The predicted molar refractivity (Wildman–Crippen MR) is 134 cm³/mol. The topological polar surface area (TPSA) is 49.4 Å². The van der Waals surface area contributed by atoms with Gasteiger partial charge in [-0.1, -0.05) is 97.9 Å². The summed E-state index contributed by atoms with van der Waals surface area (Å²) in [6, 6.07) is 29.6. The summed E-state index contributed by atoms with van der Waals surface area (Å²) in [6.45, 7) is 6.24. The summed E-state index contributed by atoms with van der Waals surface area (Å²) in [6.07, 6.45) is 0.852. The molecule has 0 aliphatic rings. The lowest BCUT2D eigenvalue weighted by molar-refractivity contribution is -0.141. The number of hydrogen-bond donors (Lipinski definition) is 1. The number of nitrogens with zero attached hydrogens (tertiary/aromatic N) is 1. The van der Waals surface area contributed by atoms with Crippen molar-refractivity contribution in [3.8, 4) is 0 Å². The number of carbonyl (C=O) groups is 2. The van der Waals surface area contributed by atoms with Crippen LogP contribution in [-0.2, 0) is 16.1 Å². The highest BCUT2D eigenvalue weighted by Gasteiger charge is 2.31. The van der Waals surface area contributed by atoms with Crippen LogP contribution in [-0.4, -0.2) is 28.8 Å². The maximum Gasteiger partial charge on any atom is 0.243 e. The van der Waals surface area contributed by atoms with Crippen LogP contribution in [0.1, 0.15) is 56.2 Å². The molecular formula is C29H34N2O2. The molecule has 0 aliphatic carbocycles. The van der Waals surface area contributed by atoms with Gasteiger partial charge in [0.1, 0.15) is 6.04 Å². The third-order valence-electron chi connectivity index (χ3n) is 5.80. The van der Waals surface area contributed by atoms with Crippen LogP contribution < -0.4 is 5.32 Å². The first kappa shape index (κ1) is 24.2. The lowest BCUT2D eigenvalue weighted by Gasteiger charge is -2.32. The Bertz CT molecular complexity index is 964. The van der Waals surface area contributed by atoms with E-state index in [-0.39, 0.29) is 23.8 Å². The average Bonchev–Trinajstić information content (AvgIpc) is 2.83. The molecular weight excluding hydrogens is 408 g/mol. The molecule has 0 aromatic heterocycles. The molecule has 0 aliphatic heterocycles. The van der Waals surface area contributed by atoms with E-state index < -0.39 is 6.04 Å². The zero-order chi connectivity index (χ0) is 23.6. The molecule has 0 heterocycles. The van der Waals surface area contributed by atoms with Gasteiger partial charge >= 0.3 is 0 Å². The minimum atomic E-state index is -0.521. The van der Waals surface area contributed by atoms with E-state index in [1.54, 1.807) is 4.90 Å². The van der Waals surface area contributed by atoms with Crippen LogP contribution >= 0.6 is 0 Å². The predicted octanol–water partition coefficient (Wildman–Crippen LogP) is 5.54. The minimum absolute atomic E-state index is 0.0154. The highest BCUT2D eigenvalue weighted by atomic mass is 16.2. The van der Waals surface area contributed by atoms with Gasteiger partial charge in [-0.2, -0.15) is 0 Å². The molecule has 0 bridgehead atoms. The van der Waals surface area contributed by atoms with Crippen molar-refractivity contribution in [2.45, 2.75) is 58.2 Å². The van der Waals surface area contributed by atoms with Gasteiger partial charge in [0.05, 0.1) is 0 Å². The normalized spacial score (nSPS) is 11.9. The Labute approximate surface area is 197 Å². The SMILES string of the molecule is CCC(C(=O)NC(C)C)N(Cc1ccccc1)C(=O)CC(c1ccccc1)c1ccccc1. The van der Waals surface area contributed by atoms with Crippen LogP contribution in [0.3, 0.4) is 0 Å². The summed E-state index contributed by atoms with van der Waals surface area (Å²) in [4.78, 5) is 28.6. The molecule has 0 saturated heterocycles. The van der Waals surface area contributed by atoms with Crippen molar-refractivity contribution in [3.05, 3.63) is 108 Å². The highest BCUT2D eigenvalue weighted by molar-refractivity contribution is 5.88. The van der Waals surface area contributed by atoms with Gasteiger partial charge in [-0.3, -0.25) is 9.59 Å². The number of nitrogens with one attached hydrogen (secondary N) is 1. The molecule has 1 N–H and O–H groups in total. The fourth-order valence-electron chi connectivity index (χ4n) is 4.17. The van der Waals surface area contributed by atoms with Gasteiger partial charge in [0.2, 0.25) is 11.8 Å². The largest absolute Gasteiger partial charge is 0.352 e. The Hall–Kier alpha value is -3.40. The summed E-state index contributed by atoms with van der Waals surface area (Å²) in [7, 11) is 0. The molecule has 3 aromatic carbocycles. The number of benzene rings is 3. The third kappa shape index (κ3) is 6.79. The summed E-state index contributed by atoms with van der Waals surface area (Å²) in [5, 5.41) is 3.00. The first-order valence-corrected chi connectivity index (χ1v) is 11.7. The molecule has 172 valence electrons. The molecule has 3 rings (SSSR count). The standard InChI is InChI=1S/C29H34N2O2/c1-4-27(29(33)30-22(2)3)31(21-23-14-8-5-9-15-23)28(32)20-26(24-16-10-6-11-17-24)25-18-12-7-13-19-25/h5-19,22,26-27H,4,20-21H2,1-3H3,(H,30,33). The van der Waals surface area contributed by atoms with Crippen LogP contribution in [0.5, 0.6) is 0 Å². The Balaban J connectivity index is 1.93. The summed E-state index contributed by atoms with van der Waals surface area (Å²) >= 11 is 0. The van der Waals surface area contributed by atoms with Crippen molar-refractivity contribution < 1.29 is 9.59 Å². The van der Waals surface area contributed by atoms with Crippen molar-refractivity contribution in [2.75, 3.05) is 0 Å². The second-order valence-corrected chi connectivity index (χ2v) is 8.67. The van der Waals surface area contributed by atoms with Gasteiger partial charge in [0, 0.05) is 24.9 Å². The van der Waals surface area contributed by atoms with Crippen LogP contribution in [0.4, 0.5) is 0 Å². The van der Waals surface area contributed by atoms with Gasteiger partial charge < -0.3 is 10.2 Å². The smallest absolute Gasteiger partial charge is 0.243 e. The fourth-order valence-corrected chi connectivity index (χ4v) is 4.17. The third-order valence-corrected chi connectivity index (χ3v) is 5.80. The monoisotopic (exact) mass is 442 g/mol. The molecule has 33 heavy (non-hydrogen) atoms. The van der Waals surface area contributed by atoms with E-state index in [0.717, 1.165) is 16.7 Å². The molecule has 3 aromatic rings. The summed E-state index contributed by atoms with van der Waals surface area (Å²) in [5.74, 6) is -0.209. The van der Waals surface area contributed by atoms with E-state index >= 15 is 0 Å². The van der Waals surface area contributed by atoms with Gasteiger partial charge in [0.25, 0.3) is 0 Å². The molecule has 0 fully saturated rings. The molecule has 0 radical (unpaired) electrons. The summed E-state index contributed by atoms with van der Waals surface area (Å²) in [5.41, 5.74) is 3.20. The van der Waals surface area contributed by atoms with E-state index in [9.17, 15) is 9.59 Å². The molecule has 0 spiro atoms. The van der Waals surface area contributed by atoms with E-state index in [2.05, 4.69) is 29.6 Å². The fraction of sp³-hybridized carbons (Fsp3) is 0.310. The minimum Gasteiger partial charge on any atom is -0.352 e. The van der Waals surface area contributed by atoms with E-state index in [1.807, 2.05) is 87.5 Å². The second-order valence-electron chi connectivity index (χ2n) is 8.67. The lowest BCUT2D eigenvalue weighted by atomic mass is 9.88. The zero-order valence-corrected chi connectivity index (χ0v) is 19.8. The van der Waals surface area contributed by atoms with Crippen LogP contribution in [0.25, 0.3) is 0 Å². The average molecular weight is 443 g/mol. The Morgan fingerprint density at radius 1 is 0.788 bits per heavy atom. The van der Waals surface area contributed by atoms with Crippen molar-refractivity contribution in [3.63, 3.8) is 0 Å². The van der Waals surface area contributed by atoms with Crippen LogP contribution in [0, 0.1) is 0 Å². The van der Waals surface area contributed by atoms with Gasteiger partial charge in [-0.25, -0.2) is 0 Å². The first-order chi connectivity index (χ1) is 16.0. The van der Waals surface area contributed by atoms with Crippen molar-refractivity contribution >= 4 is 11.8 Å². The molecule has 1 unspecified atom stereocenters. The quantitative estimate of drug-likeness (QED) is 0.448. The van der Waals surface area contributed by atoms with Crippen molar-refractivity contribution in [2.24, 2.45) is 0 Å². The first-order valence-electron chi connectivity index (χ1n) is 11.7. The Morgan fingerprint density at radius 3 is 1.73 bits per heavy atom. The number of carbonyl (C=O) groups excluding carboxylic acids is 2. The number of amides is 2. The van der Waals surface area contributed by atoms with E-state index in [0.29, 0.717) is 19.4 Å². The van der Waals surface area contributed by atoms with Crippen molar-refractivity contribution in [1.82, 2.24) is 10.2 Å². The highest BCUT2D eigenvalue weighted by Crippen LogP contribution is 2.29. The van der Waals surface area contributed by atoms with Gasteiger partial charge in [-0.05, 0) is 37.0 Å². The molecule has 2 amide bonds. The molecule has 0 saturated carbocycles. The number of hydrogen-bond acceptors (Lipinski definition) is 2. The van der Waals surface area contributed by atoms with E-state index in [4.69, 9.17) is 0 Å². The van der Waals surface area contributed by atoms with Crippen LogP contribution in [0.2, 0.25) is 0 Å².